The van der Waals surface area contributed by atoms with E-state index < -0.39 is 11.7 Å². The van der Waals surface area contributed by atoms with Gasteiger partial charge in [0.15, 0.2) is 11.2 Å². The van der Waals surface area contributed by atoms with Gasteiger partial charge in [0.05, 0.1) is 24.7 Å². The average molecular weight is 456 g/mol. The van der Waals surface area contributed by atoms with Gasteiger partial charge in [0, 0.05) is 26.2 Å². The maximum Gasteiger partial charge on any atom is 0.407 e. The van der Waals surface area contributed by atoms with Crippen LogP contribution < -0.4 is 10.5 Å². The summed E-state index contributed by atoms with van der Waals surface area (Å²) in [5, 5.41) is 28.3. The van der Waals surface area contributed by atoms with Crippen molar-refractivity contribution < 1.29 is 9.90 Å². The number of carboxylic acid groups (broad SMARTS) is 1. The topological polar surface area (TPSA) is 144 Å². The predicted octanol–water partition coefficient (Wildman–Crippen LogP) is 1.21. The molecule has 0 saturated carbocycles. The first-order valence-corrected chi connectivity index (χ1v) is 10.5. The number of fused-ring (bicyclic) bond motifs is 1. The summed E-state index contributed by atoms with van der Waals surface area (Å²) in [6, 6.07) is 10.9. The number of hydrogen-bond acceptors (Lipinski definition) is 7. The van der Waals surface area contributed by atoms with Gasteiger partial charge in [-0.25, -0.2) is 4.79 Å². The SMILES string of the molecule is CC#CCn1c(N2CCN(C(=O)O)CC2)nc2nc(C#N)n(Cc3ccccc3C#N)c(=O)c21. The number of nitrogens with zero attached hydrogens (tertiary/aromatic N) is 8. The molecule has 0 spiro atoms. The summed E-state index contributed by atoms with van der Waals surface area (Å²) in [5.41, 5.74) is 0.858. The third-order valence-corrected chi connectivity index (χ3v) is 5.66. The van der Waals surface area contributed by atoms with E-state index >= 15 is 0 Å². The Hall–Kier alpha value is -4.82. The van der Waals surface area contributed by atoms with E-state index in [1.807, 2.05) is 11.0 Å². The monoisotopic (exact) mass is 456 g/mol. The van der Waals surface area contributed by atoms with Crippen molar-refractivity contribution in [1.82, 2.24) is 24.0 Å². The zero-order valence-electron chi connectivity index (χ0n) is 18.4. The van der Waals surface area contributed by atoms with Crippen LogP contribution in [0.5, 0.6) is 0 Å². The van der Waals surface area contributed by atoms with E-state index in [0.29, 0.717) is 43.3 Å². The fourth-order valence-corrected chi connectivity index (χ4v) is 3.92. The fourth-order valence-electron chi connectivity index (χ4n) is 3.92. The molecule has 0 bridgehead atoms. The molecule has 1 aromatic carbocycles. The smallest absolute Gasteiger partial charge is 0.407 e. The molecule has 170 valence electrons. The van der Waals surface area contributed by atoms with Crippen LogP contribution in [0.1, 0.15) is 23.9 Å². The average Bonchev–Trinajstić information content (AvgIpc) is 3.23. The van der Waals surface area contributed by atoms with Crippen LogP contribution in [0.3, 0.4) is 0 Å². The lowest BCUT2D eigenvalue weighted by atomic mass is 10.1. The lowest BCUT2D eigenvalue weighted by Crippen LogP contribution is -2.49. The van der Waals surface area contributed by atoms with Crippen LogP contribution in [-0.4, -0.2) is 61.4 Å². The molecule has 1 saturated heterocycles. The van der Waals surface area contributed by atoms with Crippen molar-refractivity contribution in [1.29, 1.82) is 10.5 Å². The number of nitriles is 2. The van der Waals surface area contributed by atoms with Gasteiger partial charge in [0.1, 0.15) is 6.07 Å². The summed E-state index contributed by atoms with van der Waals surface area (Å²) in [6.07, 6.45) is -0.981. The minimum Gasteiger partial charge on any atom is -0.465 e. The van der Waals surface area contributed by atoms with Crippen LogP contribution in [0.15, 0.2) is 29.1 Å². The first-order chi connectivity index (χ1) is 16.5. The molecule has 1 aliphatic rings. The number of piperazine rings is 1. The van der Waals surface area contributed by atoms with Crippen molar-refractivity contribution in [3.8, 4) is 24.0 Å². The van der Waals surface area contributed by atoms with E-state index in [0.717, 1.165) is 0 Å². The van der Waals surface area contributed by atoms with E-state index in [1.54, 1.807) is 35.8 Å². The van der Waals surface area contributed by atoms with Crippen molar-refractivity contribution in [2.75, 3.05) is 31.1 Å². The first-order valence-electron chi connectivity index (χ1n) is 10.5. The summed E-state index contributed by atoms with van der Waals surface area (Å²) in [5.74, 6) is 6.10. The van der Waals surface area contributed by atoms with E-state index in [4.69, 9.17) is 0 Å². The number of rotatable bonds is 4. The quantitative estimate of drug-likeness (QED) is 0.577. The number of aromatic nitrogens is 4. The molecular weight excluding hydrogens is 436 g/mol. The molecule has 11 heteroatoms. The number of carbonyl (C=O) groups is 1. The van der Waals surface area contributed by atoms with Gasteiger partial charge in [-0.3, -0.25) is 13.9 Å². The van der Waals surface area contributed by atoms with Crippen LogP contribution in [-0.2, 0) is 13.1 Å². The highest BCUT2D eigenvalue weighted by Crippen LogP contribution is 2.22. The third-order valence-electron chi connectivity index (χ3n) is 5.66. The fraction of sp³-hybridized carbons (Fsp3) is 0.304. The van der Waals surface area contributed by atoms with Gasteiger partial charge in [-0.1, -0.05) is 24.1 Å². The number of anilines is 1. The summed E-state index contributed by atoms with van der Waals surface area (Å²) in [6.45, 7) is 3.25. The lowest BCUT2D eigenvalue weighted by Gasteiger charge is -2.33. The van der Waals surface area contributed by atoms with Crippen molar-refractivity contribution in [3.63, 3.8) is 0 Å². The van der Waals surface area contributed by atoms with E-state index in [9.17, 15) is 25.2 Å². The second-order valence-electron chi connectivity index (χ2n) is 7.56. The van der Waals surface area contributed by atoms with E-state index in [1.165, 1.54) is 9.47 Å². The Balaban J connectivity index is 1.85. The minimum atomic E-state index is -0.981. The highest BCUT2D eigenvalue weighted by Gasteiger charge is 2.27. The molecule has 1 aliphatic heterocycles. The Morgan fingerprint density at radius 3 is 2.47 bits per heavy atom. The molecule has 0 atom stereocenters. The molecule has 11 nitrogen and oxygen atoms in total. The molecule has 34 heavy (non-hydrogen) atoms. The summed E-state index contributed by atoms with van der Waals surface area (Å²) in [7, 11) is 0. The minimum absolute atomic E-state index is 0.00561. The summed E-state index contributed by atoms with van der Waals surface area (Å²) in [4.78, 5) is 37.0. The van der Waals surface area contributed by atoms with Crippen LogP contribution >= 0.6 is 0 Å². The number of imidazole rings is 1. The highest BCUT2D eigenvalue weighted by molar-refractivity contribution is 5.75. The third kappa shape index (κ3) is 4.01. The largest absolute Gasteiger partial charge is 0.465 e. The van der Waals surface area contributed by atoms with Crippen molar-refractivity contribution in [3.05, 3.63) is 51.6 Å². The van der Waals surface area contributed by atoms with Crippen molar-refractivity contribution in [2.24, 2.45) is 0 Å². The van der Waals surface area contributed by atoms with Crippen LogP contribution in [0, 0.1) is 34.5 Å². The Kier molecular flexibility index (Phi) is 6.16. The number of hydrogen-bond donors (Lipinski definition) is 1. The van der Waals surface area contributed by atoms with Gasteiger partial charge < -0.3 is 14.9 Å². The van der Waals surface area contributed by atoms with Gasteiger partial charge in [0.2, 0.25) is 11.8 Å². The zero-order valence-corrected chi connectivity index (χ0v) is 18.4. The molecular formula is C23H20N8O3. The van der Waals surface area contributed by atoms with Crippen molar-refractivity contribution in [2.45, 2.75) is 20.0 Å². The molecule has 2 aromatic heterocycles. The number of amides is 1. The molecule has 4 rings (SSSR count). The van der Waals surface area contributed by atoms with Gasteiger partial charge in [0.25, 0.3) is 5.56 Å². The Labute approximate surface area is 194 Å². The van der Waals surface area contributed by atoms with E-state index in [-0.39, 0.29) is 30.1 Å². The number of benzene rings is 1. The van der Waals surface area contributed by atoms with Crippen molar-refractivity contribution >= 4 is 23.2 Å². The molecule has 0 aliphatic carbocycles. The Morgan fingerprint density at radius 2 is 1.82 bits per heavy atom. The highest BCUT2D eigenvalue weighted by atomic mass is 16.4. The Bertz CT molecular complexity index is 1470. The van der Waals surface area contributed by atoms with Gasteiger partial charge in [-0.2, -0.15) is 20.5 Å². The van der Waals surface area contributed by atoms with E-state index in [2.05, 4.69) is 27.9 Å². The van der Waals surface area contributed by atoms with Gasteiger partial charge >= 0.3 is 6.09 Å². The second-order valence-corrected chi connectivity index (χ2v) is 7.56. The molecule has 3 aromatic rings. The normalized spacial score (nSPS) is 13.1. The zero-order chi connectivity index (χ0) is 24.2. The van der Waals surface area contributed by atoms with Crippen LogP contribution in [0.25, 0.3) is 11.2 Å². The van der Waals surface area contributed by atoms with Gasteiger partial charge in [-0.15, -0.1) is 5.92 Å². The van der Waals surface area contributed by atoms with Crippen LogP contribution in [0.2, 0.25) is 0 Å². The second kappa shape index (κ2) is 9.35. The van der Waals surface area contributed by atoms with Crippen LogP contribution in [0.4, 0.5) is 10.7 Å². The molecule has 0 radical (unpaired) electrons. The molecule has 1 N–H and O–H groups in total. The molecule has 1 fully saturated rings. The maximum atomic E-state index is 13.6. The first kappa shape index (κ1) is 22.4. The summed E-state index contributed by atoms with van der Waals surface area (Å²) < 4.78 is 2.90. The molecule has 0 unspecified atom stereocenters. The molecule has 3 heterocycles. The summed E-state index contributed by atoms with van der Waals surface area (Å²) >= 11 is 0. The molecule has 1 amide bonds. The maximum absolute atomic E-state index is 13.6. The van der Waals surface area contributed by atoms with Gasteiger partial charge in [-0.05, 0) is 18.6 Å². The predicted molar refractivity (Wildman–Crippen MR) is 122 cm³/mol. The standard InChI is InChI=1S/C23H20N8O3/c1-2-3-8-30-19-20(27-22(30)28-9-11-29(12-10-28)23(33)34)26-18(14-25)31(21(19)32)15-17-7-5-4-6-16(17)13-24/h4-7H,8-12,15H2,1H3,(H,33,34). The Morgan fingerprint density at radius 1 is 1.09 bits per heavy atom. The lowest BCUT2D eigenvalue weighted by molar-refractivity contribution is 0.142.